The smallest absolute Gasteiger partial charge is 0.194 e. The van der Waals surface area contributed by atoms with Crippen LogP contribution in [0, 0.1) is 5.92 Å². The second kappa shape index (κ2) is 10.1. The van der Waals surface area contributed by atoms with Gasteiger partial charge in [-0.05, 0) is 30.9 Å². The molecule has 0 spiro atoms. The van der Waals surface area contributed by atoms with Gasteiger partial charge in [0.05, 0.1) is 19.3 Å². The minimum Gasteiger partial charge on any atom is -0.390 e. The van der Waals surface area contributed by atoms with E-state index in [9.17, 15) is 5.11 Å². The Morgan fingerprint density at radius 1 is 1.33 bits per heavy atom. The number of fused-ring (bicyclic) bond motifs is 1. The molecule has 0 radical (unpaired) electrons. The first-order valence-electron chi connectivity index (χ1n) is 10.2. The Bertz CT molecular complexity index is 622. The number of rotatable bonds is 7. The number of guanidine groups is 1. The first-order chi connectivity index (χ1) is 13.2. The minimum atomic E-state index is -0.443. The van der Waals surface area contributed by atoms with Gasteiger partial charge in [-0.2, -0.15) is 0 Å². The summed E-state index contributed by atoms with van der Waals surface area (Å²) in [6.45, 7) is 8.72. The molecule has 3 rings (SSSR count). The van der Waals surface area contributed by atoms with Crippen LogP contribution in [-0.4, -0.2) is 80.0 Å². The van der Waals surface area contributed by atoms with E-state index >= 15 is 0 Å². The highest BCUT2D eigenvalue weighted by Gasteiger charge is 2.25. The lowest BCUT2D eigenvalue weighted by molar-refractivity contribution is 0.111. The van der Waals surface area contributed by atoms with Crippen molar-refractivity contribution in [2.45, 2.75) is 32.4 Å². The summed E-state index contributed by atoms with van der Waals surface area (Å²) in [7, 11) is 1.76. The van der Waals surface area contributed by atoms with Gasteiger partial charge in [0.15, 0.2) is 5.96 Å². The number of benzene rings is 1. The number of hydrogen-bond acceptors (Lipinski definition) is 4. The lowest BCUT2D eigenvalue weighted by Crippen LogP contribution is -2.42. The van der Waals surface area contributed by atoms with E-state index in [1.807, 2.05) is 0 Å². The SMILES string of the molecule is CCNC(=NCC(O)CN1CCc2ccccc2C1)N1CCC(COC)C1. The zero-order chi connectivity index (χ0) is 19.1. The van der Waals surface area contributed by atoms with Gasteiger partial charge in [0.1, 0.15) is 0 Å². The summed E-state index contributed by atoms with van der Waals surface area (Å²) in [5, 5.41) is 13.9. The summed E-state index contributed by atoms with van der Waals surface area (Å²) in [4.78, 5) is 9.34. The van der Waals surface area contributed by atoms with Crippen molar-refractivity contribution in [2.75, 3.05) is 53.0 Å². The predicted molar refractivity (Wildman–Crippen MR) is 109 cm³/mol. The zero-order valence-corrected chi connectivity index (χ0v) is 16.7. The largest absolute Gasteiger partial charge is 0.390 e. The van der Waals surface area contributed by atoms with Crippen LogP contribution < -0.4 is 5.32 Å². The molecule has 2 unspecified atom stereocenters. The van der Waals surface area contributed by atoms with E-state index in [0.29, 0.717) is 19.0 Å². The van der Waals surface area contributed by atoms with E-state index < -0.39 is 6.10 Å². The van der Waals surface area contributed by atoms with Gasteiger partial charge in [-0.1, -0.05) is 24.3 Å². The van der Waals surface area contributed by atoms with E-state index in [-0.39, 0.29) is 0 Å². The molecule has 1 fully saturated rings. The molecule has 2 aliphatic rings. The van der Waals surface area contributed by atoms with E-state index in [1.165, 1.54) is 11.1 Å². The van der Waals surface area contributed by atoms with Crippen molar-refractivity contribution in [2.24, 2.45) is 10.9 Å². The molecule has 0 bridgehead atoms. The van der Waals surface area contributed by atoms with E-state index in [4.69, 9.17) is 9.73 Å². The van der Waals surface area contributed by atoms with Crippen LogP contribution in [0.2, 0.25) is 0 Å². The standard InChI is InChI=1S/C21H34N4O2/c1-3-22-21(25-11-8-17(13-25)16-27-2)23-12-20(26)15-24-10-9-18-6-4-5-7-19(18)14-24/h4-7,17,20,26H,3,8-16H2,1-2H3,(H,22,23). The summed E-state index contributed by atoms with van der Waals surface area (Å²) in [5.74, 6) is 1.48. The molecule has 0 amide bonds. The van der Waals surface area contributed by atoms with E-state index in [2.05, 4.69) is 46.3 Å². The van der Waals surface area contributed by atoms with Crippen molar-refractivity contribution in [3.05, 3.63) is 35.4 Å². The molecule has 2 aliphatic heterocycles. The zero-order valence-electron chi connectivity index (χ0n) is 16.7. The van der Waals surface area contributed by atoms with Crippen LogP contribution in [0.15, 0.2) is 29.3 Å². The Kier molecular flexibility index (Phi) is 7.50. The Morgan fingerprint density at radius 2 is 2.15 bits per heavy atom. The number of ether oxygens (including phenoxy) is 1. The molecule has 0 aromatic heterocycles. The van der Waals surface area contributed by atoms with Gasteiger partial charge in [0, 0.05) is 52.3 Å². The predicted octanol–water partition coefficient (Wildman–Crippen LogP) is 1.34. The number of aliphatic hydroxyl groups excluding tert-OH is 1. The average molecular weight is 375 g/mol. The third kappa shape index (κ3) is 5.67. The molecule has 2 atom stereocenters. The van der Waals surface area contributed by atoms with Crippen molar-refractivity contribution >= 4 is 5.96 Å². The third-order valence-electron chi connectivity index (χ3n) is 5.45. The van der Waals surface area contributed by atoms with Crippen LogP contribution in [0.4, 0.5) is 0 Å². The van der Waals surface area contributed by atoms with E-state index in [1.54, 1.807) is 7.11 Å². The molecule has 6 heteroatoms. The second-order valence-corrected chi connectivity index (χ2v) is 7.66. The lowest BCUT2D eigenvalue weighted by Gasteiger charge is -2.30. The summed E-state index contributed by atoms with van der Waals surface area (Å²) >= 11 is 0. The highest BCUT2D eigenvalue weighted by atomic mass is 16.5. The number of nitrogens with zero attached hydrogens (tertiary/aromatic N) is 3. The molecule has 6 nitrogen and oxygen atoms in total. The van der Waals surface area contributed by atoms with Gasteiger partial charge in [-0.15, -0.1) is 0 Å². The Labute approximate surface area is 163 Å². The van der Waals surface area contributed by atoms with Gasteiger partial charge in [-0.3, -0.25) is 9.89 Å². The first-order valence-corrected chi connectivity index (χ1v) is 10.2. The van der Waals surface area contributed by atoms with Gasteiger partial charge in [0.25, 0.3) is 0 Å². The number of nitrogens with one attached hydrogen (secondary N) is 1. The van der Waals surface area contributed by atoms with Gasteiger partial charge in [0.2, 0.25) is 0 Å². The fraction of sp³-hybridized carbons (Fsp3) is 0.667. The number of β-amino-alcohol motifs (C(OH)–C–C–N with tert-alkyl or cyclic N) is 1. The molecule has 1 aromatic carbocycles. The number of likely N-dealkylation sites (tertiary alicyclic amines) is 1. The summed E-state index contributed by atoms with van der Waals surface area (Å²) in [6, 6.07) is 8.61. The van der Waals surface area contributed by atoms with Gasteiger partial charge < -0.3 is 20.1 Å². The van der Waals surface area contributed by atoms with Crippen molar-refractivity contribution < 1.29 is 9.84 Å². The first kappa shape index (κ1) is 20.1. The molecule has 1 saturated heterocycles. The average Bonchev–Trinajstić information content (AvgIpc) is 3.14. The molecule has 150 valence electrons. The van der Waals surface area contributed by atoms with Crippen LogP contribution in [0.5, 0.6) is 0 Å². The number of methoxy groups -OCH3 is 1. The van der Waals surface area contributed by atoms with E-state index in [0.717, 1.165) is 58.1 Å². The third-order valence-corrected chi connectivity index (χ3v) is 5.45. The normalized spacial score (nSPS) is 22.0. The lowest BCUT2D eigenvalue weighted by atomic mass is 10.00. The molecular formula is C21H34N4O2. The minimum absolute atomic E-state index is 0.436. The van der Waals surface area contributed by atoms with Crippen LogP contribution in [0.3, 0.4) is 0 Å². The number of hydrogen-bond donors (Lipinski definition) is 2. The molecule has 0 saturated carbocycles. The van der Waals surface area contributed by atoms with Gasteiger partial charge >= 0.3 is 0 Å². The summed E-state index contributed by atoms with van der Waals surface area (Å²) < 4.78 is 5.29. The fourth-order valence-electron chi connectivity index (χ4n) is 4.08. The van der Waals surface area contributed by atoms with Crippen LogP contribution in [0.25, 0.3) is 0 Å². The number of aliphatic imine (C=N–C) groups is 1. The van der Waals surface area contributed by atoms with Crippen LogP contribution in [0.1, 0.15) is 24.5 Å². The number of aliphatic hydroxyl groups is 1. The maximum absolute atomic E-state index is 10.5. The van der Waals surface area contributed by atoms with Crippen molar-refractivity contribution in [3.8, 4) is 0 Å². The Morgan fingerprint density at radius 3 is 2.93 bits per heavy atom. The molecule has 27 heavy (non-hydrogen) atoms. The summed E-state index contributed by atoms with van der Waals surface area (Å²) in [5.41, 5.74) is 2.82. The second-order valence-electron chi connectivity index (χ2n) is 7.66. The quantitative estimate of drug-likeness (QED) is 0.557. The summed E-state index contributed by atoms with van der Waals surface area (Å²) in [6.07, 6.45) is 1.75. The molecule has 2 heterocycles. The molecule has 1 aromatic rings. The Hall–Kier alpha value is -1.63. The van der Waals surface area contributed by atoms with Crippen molar-refractivity contribution in [1.82, 2.24) is 15.1 Å². The monoisotopic (exact) mass is 374 g/mol. The highest BCUT2D eigenvalue weighted by molar-refractivity contribution is 5.80. The van der Waals surface area contributed by atoms with Crippen molar-refractivity contribution in [3.63, 3.8) is 0 Å². The topological polar surface area (TPSA) is 60.3 Å². The molecule has 0 aliphatic carbocycles. The van der Waals surface area contributed by atoms with Crippen molar-refractivity contribution in [1.29, 1.82) is 0 Å². The highest BCUT2D eigenvalue weighted by Crippen LogP contribution is 2.19. The Balaban J connectivity index is 1.50. The van der Waals surface area contributed by atoms with Crippen LogP contribution >= 0.6 is 0 Å². The van der Waals surface area contributed by atoms with Gasteiger partial charge in [-0.25, -0.2) is 0 Å². The maximum atomic E-state index is 10.5. The molecular weight excluding hydrogens is 340 g/mol. The fourth-order valence-corrected chi connectivity index (χ4v) is 4.08. The maximum Gasteiger partial charge on any atom is 0.194 e. The van der Waals surface area contributed by atoms with Crippen LogP contribution in [-0.2, 0) is 17.7 Å². The molecule has 2 N–H and O–H groups in total.